The Balaban J connectivity index is 1.50. The summed E-state index contributed by atoms with van der Waals surface area (Å²) >= 11 is 6.75. The average molecular weight is 430 g/mol. The number of para-hydroxylation sites is 1. The van der Waals surface area contributed by atoms with E-state index >= 15 is 0 Å². The van der Waals surface area contributed by atoms with Gasteiger partial charge in [-0.1, -0.05) is 41.9 Å². The highest BCUT2D eigenvalue weighted by molar-refractivity contribution is 8.18. The van der Waals surface area contributed by atoms with Crippen LogP contribution in [0.15, 0.2) is 59.5 Å². The highest BCUT2D eigenvalue weighted by Crippen LogP contribution is 2.32. The van der Waals surface area contributed by atoms with Gasteiger partial charge in [-0.3, -0.25) is 19.3 Å². The summed E-state index contributed by atoms with van der Waals surface area (Å²) < 4.78 is 0. The van der Waals surface area contributed by atoms with Gasteiger partial charge in [0.05, 0.1) is 11.4 Å². The van der Waals surface area contributed by atoms with Crippen molar-refractivity contribution in [2.45, 2.75) is 0 Å². The van der Waals surface area contributed by atoms with Crippen molar-refractivity contribution in [1.82, 2.24) is 10.2 Å². The minimum atomic E-state index is -0.356. The molecule has 3 amide bonds. The van der Waals surface area contributed by atoms with E-state index < -0.39 is 0 Å². The van der Waals surface area contributed by atoms with Gasteiger partial charge in [0, 0.05) is 30.8 Å². The van der Waals surface area contributed by atoms with Gasteiger partial charge in [0.25, 0.3) is 11.1 Å². The van der Waals surface area contributed by atoms with Crippen LogP contribution >= 0.6 is 23.4 Å². The molecule has 150 valence electrons. The van der Waals surface area contributed by atoms with Crippen molar-refractivity contribution in [2.75, 3.05) is 31.6 Å². The Morgan fingerprint density at radius 3 is 2.52 bits per heavy atom. The van der Waals surface area contributed by atoms with E-state index in [-0.39, 0.29) is 36.7 Å². The predicted octanol–water partition coefficient (Wildman–Crippen LogP) is 3.63. The number of hydrogen-bond acceptors (Lipinski definition) is 5. The smallest absolute Gasteiger partial charge is 0.293 e. The van der Waals surface area contributed by atoms with Crippen molar-refractivity contribution in [3.63, 3.8) is 0 Å². The second-order valence-electron chi connectivity index (χ2n) is 6.43. The van der Waals surface area contributed by atoms with Gasteiger partial charge in [-0.05, 0) is 47.7 Å². The molecule has 1 fully saturated rings. The van der Waals surface area contributed by atoms with E-state index in [4.69, 9.17) is 11.6 Å². The van der Waals surface area contributed by atoms with E-state index in [0.717, 1.165) is 27.9 Å². The Morgan fingerprint density at radius 2 is 1.83 bits per heavy atom. The molecule has 1 heterocycles. The lowest BCUT2D eigenvalue weighted by atomic mass is 10.2. The Labute approximate surface area is 178 Å². The van der Waals surface area contributed by atoms with Crippen molar-refractivity contribution in [3.8, 4) is 0 Å². The topological polar surface area (TPSA) is 69.7 Å². The number of halogens is 1. The number of anilines is 1. The summed E-state index contributed by atoms with van der Waals surface area (Å²) in [5, 5.41) is 3.01. The number of thioether (sulfide) groups is 1. The molecule has 0 unspecified atom stereocenters. The molecule has 2 aromatic carbocycles. The first-order valence-corrected chi connectivity index (χ1v) is 10.2. The van der Waals surface area contributed by atoms with Gasteiger partial charge in [0.1, 0.15) is 0 Å². The molecule has 1 aliphatic rings. The summed E-state index contributed by atoms with van der Waals surface area (Å²) in [6.45, 7) is 0.513. The lowest BCUT2D eigenvalue weighted by Crippen LogP contribution is -2.40. The second kappa shape index (κ2) is 9.62. The molecule has 29 heavy (non-hydrogen) atoms. The number of hydrogen-bond donors (Lipinski definition) is 1. The number of amides is 3. The lowest BCUT2D eigenvalue weighted by molar-refractivity contribution is -0.124. The van der Waals surface area contributed by atoms with Crippen LogP contribution in [-0.4, -0.2) is 48.6 Å². The average Bonchev–Trinajstić information content (AvgIpc) is 2.97. The van der Waals surface area contributed by atoms with Crippen molar-refractivity contribution in [1.29, 1.82) is 0 Å². The first-order valence-electron chi connectivity index (χ1n) is 8.98. The normalized spacial score (nSPS) is 15.1. The molecular formula is C21H20ClN3O3S. The molecule has 0 radical (unpaired) electrons. The van der Waals surface area contributed by atoms with Gasteiger partial charge in [0.15, 0.2) is 0 Å². The van der Waals surface area contributed by atoms with E-state index in [2.05, 4.69) is 5.32 Å². The highest BCUT2D eigenvalue weighted by Gasteiger charge is 2.34. The van der Waals surface area contributed by atoms with E-state index in [9.17, 15) is 14.4 Å². The number of nitrogens with zero attached hydrogens (tertiary/aromatic N) is 2. The predicted molar refractivity (Wildman–Crippen MR) is 117 cm³/mol. The molecular weight excluding hydrogens is 410 g/mol. The maximum atomic E-state index is 12.5. The maximum absolute atomic E-state index is 12.5. The first kappa shape index (κ1) is 21.0. The van der Waals surface area contributed by atoms with Crippen molar-refractivity contribution in [3.05, 3.63) is 70.1 Å². The van der Waals surface area contributed by atoms with E-state index in [1.54, 1.807) is 30.3 Å². The summed E-state index contributed by atoms with van der Waals surface area (Å²) in [6.07, 6.45) is 1.66. The van der Waals surface area contributed by atoms with Crippen molar-refractivity contribution < 1.29 is 14.4 Å². The maximum Gasteiger partial charge on any atom is 0.293 e. The van der Waals surface area contributed by atoms with Gasteiger partial charge < -0.3 is 10.2 Å². The molecule has 8 heteroatoms. The lowest BCUT2D eigenvalue weighted by Gasteiger charge is -2.19. The van der Waals surface area contributed by atoms with E-state index in [1.165, 1.54) is 0 Å². The van der Waals surface area contributed by atoms with Crippen LogP contribution in [0.1, 0.15) is 5.56 Å². The summed E-state index contributed by atoms with van der Waals surface area (Å²) in [5.74, 6) is -0.536. The van der Waals surface area contributed by atoms with Crippen LogP contribution in [0.25, 0.3) is 6.08 Å². The van der Waals surface area contributed by atoms with Gasteiger partial charge in [-0.15, -0.1) is 0 Å². The first-order chi connectivity index (χ1) is 13.9. The molecule has 1 aliphatic heterocycles. The van der Waals surface area contributed by atoms with Gasteiger partial charge in [-0.2, -0.15) is 0 Å². The Kier molecular flexibility index (Phi) is 6.95. The number of carbonyl (C=O) groups is 3. The zero-order chi connectivity index (χ0) is 20.8. The molecule has 0 bridgehead atoms. The molecule has 0 aliphatic carbocycles. The molecule has 1 saturated heterocycles. The quantitative estimate of drug-likeness (QED) is 0.680. The third kappa shape index (κ3) is 5.62. The monoisotopic (exact) mass is 429 g/mol. The third-order valence-corrected chi connectivity index (χ3v) is 5.44. The summed E-state index contributed by atoms with van der Waals surface area (Å²) in [7, 11) is 1.83. The van der Waals surface area contributed by atoms with E-state index in [1.807, 2.05) is 42.3 Å². The summed E-state index contributed by atoms with van der Waals surface area (Å²) in [5.41, 5.74) is 1.72. The van der Waals surface area contributed by atoms with Gasteiger partial charge >= 0.3 is 0 Å². The van der Waals surface area contributed by atoms with Crippen LogP contribution in [0.3, 0.4) is 0 Å². The standard InChI is InChI=1S/C21H20ClN3O3S/c1-24(17-5-3-2-4-6-17)14-19(26)23-11-12-25-20(27)18(29-21(25)28)13-15-7-9-16(22)10-8-15/h2-10,13H,11-12,14H2,1H3,(H,23,26)/b18-13+. The number of imide groups is 1. The van der Waals surface area contributed by atoms with Crippen molar-refractivity contribution >= 4 is 52.2 Å². The Bertz CT molecular complexity index is 932. The van der Waals surface area contributed by atoms with Gasteiger partial charge in [-0.25, -0.2) is 0 Å². The fourth-order valence-electron chi connectivity index (χ4n) is 2.76. The van der Waals surface area contributed by atoms with Gasteiger partial charge in [0.2, 0.25) is 5.91 Å². The van der Waals surface area contributed by atoms with Crippen LogP contribution in [0.5, 0.6) is 0 Å². The van der Waals surface area contributed by atoms with E-state index in [0.29, 0.717) is 9.93 Å². The fourth-order valence-corrected chi connectivity index (χ4v) is 3.75. The Morgan fingerprint density at radius 1 is 1.14 bits per heavy atom. The van der Waals surface area contributed by atoms with Crippen LogP contribution < -0.4 is 10.2 Å². The molecule has 0 aromatic heterocycles. The number of rotatable bonds is 7. The number of likely N-dealkylation sites (N-methyl/N-ethyl adjacent to an activating group) is 1. The molecule has 2 aromatic rings. The zero-order valence-corrected chi connectivity index (χ0v) is 17.4. The third-order valence-electron chi connectivity index (χ3n) is 4.28. The molecule has 3 rings (SSSR count). The van der Waals surface area contributed by atoms with Crippen LogP contribution in [0, 0.1) is 0 Å². The number of nitrogens with one attached hydrogen (secondary N) is 1. The molecule has 0 spiro atoms. The summed E-state index contributed by atoms with van der Waals surface area (Å²) in [4.78, 5) is 40.1. The van der Waals surface area contributed by atoms with Crippen LogP contribution in [0.2, 0.25) is 5.02 Å². The van der Waals surface area contributed by atoms with Crippen molar-refractivity contribution in [2.24, 2.45) is 0 Å². The highest BCUT2D eigenvalue weighted by atomic mass is 35.5. The summed E-state index contributed by atoms with van der Waals surface area (Å²) in [6, 6.07) is 16.6. The molecule has 0 saturated carbocycles. The minimum absolute atomic E-state index is 0.128. The number of benzene rings is 2. The zero-order valence-electron chi connectivity index (χ0n) is 15.8. The minimum Gasteiger partial charge on any atom is -0.365 e. The Hall–Kier alpha value is -2.77. The van der Waals surface area contributed by atoms with Crippen LogP contribution in [0.4, 0.5) is 10.5 Å². The second-order valence-corrected chi connectivity index (χ2v) is 7.86. The SMILES string of the molecule is CN(CC(=O)NCCN1C(=O)S/C(=C/c2ccc(Cl)cc2)C1=O)c1ccccc1. The molecule has 1 N–H and O–H groups in total. The largest absolute Gasteiger partial charge is 0.365 e. The fraction of sp³-hybridized carbons (Fsp3) is 0.190. The number of carbonyl (C=O) groups excluding carboxylic acids is 3. The van der Waals surface area contributed by atoms with Crippen LogP contribution in [-0.2, 0) is 9.59 Å². The molecule has 6 nitrogen and oxygen atoms in total. The molecule has 0 atom stereocenters.